The minimum absolute atomic E-state index is 0.180. The zero-order valence-corrected chi connectivity index (χ0v) is 18.7. The van der Waals surface area contributed by atoms with Crippen LogP contribution in [0.2, 0.25) is 5.02 Å². The van der Waals surface area contributed by atoms with E-state index in [1.807, 2.05) is 0 Å². The summed E-state index contributed by atoms with van der Waals surface area (Å²) in [4.78, 5) is 42.5. The number of hydrogen-bond donors (Lipinski definition) is 1. The number of nitrogens with zero attached hydrogens (tertiary/aromatic N) is 3. The summed E-state index contributed by atoms with van der Waals surface area (Å²) in [6, 6.07) is 14.2. The van der Waals surface area contributed by atoms with E-state index in [4.69, 9.17) is 16.3 Å². The standard InChI is InChI=1S/C23H17ClN4O4S/c24-15-9-7-13(8-10-15)20(30)26-18-4-2-1-3-17(18)22(31)32-12-16-11-19(29)28-23(25-16)33-21(27-28)14-5-6-14/h1-4,7-11,14H,5-6,12H2,(H,26,30). The Morgan fingerprint density at radius 2 is 1.91 bits per heavy atom. The van der Waals surface area contributed by atoms with Crippen molar-refractivity contribution in [1.29, 1.82) is 0 Å². The molecule has 8 nitrogen and oxygen atoms in total. The number of nitrogens with one attached hydrogen (secondary N) is 1. The number of fused-ring (bicyclic) bond motifs is 1. The second kappa shape index (κ2) is 8.76. The number of rotatable bonds is 6. The van der Waals surface area contributed by atoms with E-state index in [1.54, 1.807) is 48.5 Å². The normalized spacial score (nSPS) is 13.1. The van der Waals surface area contributed by atoms with Crippen LogP contribution in [0.15, 0.2) is 59.4 Å². The molecule has 2 aromatic heterocycles. The highest BCUT2D eigenvalue weighted by atomic mass is 35.5. The van der Waals surface area contributed by atoms with Gasteiger partial charge in [0.05, 0.1) is 16.9 Å². The van der Waals surface area contributed by atoms with Crippen molar-refractivity contribution in [2.24, 2.45) is 0 Å². The van der Waals surface area contributed by atoms with Crippen LogP contribution >= 0.6 is 22.9 Å². The average molecular weight is 481 g/mol. The Hall–Kier alpha value is -3.56. The number of halogens is 1. The van der Waals surface area contributed by atoms with Crippen molar-refractivity contribution in [3.8, 4) is 0 Å². The third-order valence-corrected chi connectivity index (χ3v) is 6.42. The topological polar surface area (TPSA) is 103 Å². The van der Waals surface area contributed by atoms with Crippen molar-refractivity contribution in [1.82, 2.24) is 14.6 Å². The molecule has 1 N–H and O–H groups in total. The molecule has 0 aliphatic heterocycles. The molecule has 166 valence electrons. The molecule has 10 heteroatoms. The number of amides is 1. The van der Waals surface area contributed by atoms with Gasteiger partial charge in [-0.15, -0.1) is 0 Å². The quantitative estimate of drug-likeness (QED) is 0.413. The van der Waals surface area contributed by atoms with E-state index in [-0.39, 0.29) is 23.6 Å². The van der Waals surface area contributed by atoms with Crippen LogP contribution in [0.4, 0.5) is 5.69 Å². The van der Waals surface area contributed by atoms with E-state index in [1.165, 1.54) is 21.9 Å². The maximum absolute atomic E-state index is 12.7. The number of ether oxygens (including phenoxy) is 1. The number of aromatic nitrogens is 3. The highest BCUT2D eigenvalue weighted by molar-refractivity contribution is 7.16. The summed E-state index contributed by atoms with van der Waals surface area (Å²) in [5, 5.41) is 8.47. The first kappa shape index (κ1) is 21.3. The SMILES string of the molecule is O=C(Nc1ccccc1C(=O)OCc1cc(=O)n2nc(C3CC3)sc2n1)c1ccc(Cl)cc1. The molecule has 0 saturated heterocycles. The molecule has 1 amide bonds. The molecule has 0 radical (unpaired) electrons. The summed E-state index contributed by atoms with van der Waals surface area (Å²) >= 11 is 7.25. The van der Waals surface area contributed by atoms with Gasteiger partial charge in [0.2, 0.25) is 4.96 Å². The van der Waals surface area contributed by atoms with E-state index in [0.717, 1.165) is 17.8 Å². The van der Waals surface area contributed by atoms with Gasteiger partial charge in [0, 0.05) is 22.6 Å². The van der Waals surface area contributed by atoms with Crippen LogP contribution < -0.4 is 10.9 Å². The third-order valence-electron chi connectivity index (χ3n) is 5.09. The Kier molecular flexibility index (Phi) is 5.65. The van der Waals surface area contributed by atoms with E-state index < -0.39 is 5.97 Å². The van der Waals surface area contributed by atoms with Gasteiger partial charge in [-0.3, -0.25) is 9.59 Å². The second-order valence-electron chi connectivity index (χ2n) is 7.58. The number of hydrogen-bond acceptors (Lipinski definition) is 7. The van der Waals surface area contributed by atoms with E-state index >= 15 is 0 Å². The summed E-state index contributed by atoms with van der Waals surface area (Å²) in [5.41, 5.74) is 0.913. The maximum Gasteiger partial charge on any atom is 0.340 e. The minimum Gasteiger partial charge on any atom is -0.456 e. The molecule has 0 atom stereocenters. The molecular formula is C23H17ClN4O4S. The number of esters is 1. The number of benzene rings is 2. The second-order valence-corrected chi connectivity index (χ2v) is 9.00. The average Bonchev–Trinajstić information content (AvgIpc) is 3.57. The molecular weight excluding hydrogens is 464 g/mol. The molecule has 1 fully saturated rings. The van der Waals surface area contributed by atoms with Crippen molar-refractivity contribution in [2.45, 2.75) is 25.4 Å². The lowest BCUT2D eigenvalue weighted by molar-refractivity contribution is 0.0469. The fourth-order valence-electron chi connectivity index (χ4n) is 3.22. The number of anilines is 1. The molecule has 33 heavy (non-hydrogen) atoms. The Bertz CT molecular complexity index is 1430. The summed E-state index contributed by atoms with van der Waals surface area (Å²) in [7, 11) is 0. The number of para-hydroxylation sites is 1. The Labute approximate surface area is 196 Å². The van der Waals surface area contributed by atoms with Crippen molar-refractivity contribution >= 4 is 45.5 Å². The van der Waals surface area contributed by atoms with Crippen LogP contribution in [-0.4, -0.2) is 26.5 Å². The molecule has 1 saturated carbocycles. The zero-order valence-electron chi connectivity index (χ0n) is 17.2. The van der Waals surface area contributed by atoms with Gasteiger partial charge in [-0.1, -0.05) is 35.1 Å². The Morgan fingerprint density at radius 3 is 2.67 bits per heavy atom. The van der Waals surface area contributed by atoms with Gasteiger partial charge in [-0.05, 0) is 49.2 Å². The molecule has 2 heterocycles. The minimum atomic E-state index is -0.646. The predicted molar refractivity (Wildman–Crippen MR) is 124 cm³/mol. The highest BCUT2D eigenvalue weighted by Crippen LogP contribution is 2.41. The van der Waals surface area contributed by atoms with Gasteiger partial charge in [0.1, 0.15) is 11.6 Å². The van der Waals surface area contributed by atoms with Gasteiger partial charge in [-0.25, -0.2) is 9.78 Å². The summed E-state index contributed by atoms with van der Waals surface area (Å²) < 4.78 is 6.68. The first-order chi connectivity index (χ1) is 16.0. The Morgan fingerprint density at radius 1 is 1.15 bits per heavy atom. The predicted octanol–water partition coefficient (Wildman–Crippen LogP) is 4.29. The molecule has 4 aromatic rings. The molecule has 5 rings (SSSR count). The molecule has 0 unspecified atom stereocenters. The lowest BCUT2D eigenvalue weighted by atomic mass is 10.1. The largest absolute Gasteiger partial charge is 0.456 e. The van der Waals surface area contributed by atoms with Crippen LogP contribution in [-0.2, 0) is 11.3 Å². The van der Waals surface area contributed by atoms with Crippen LogP contribution in [0.3, 0.4) is 0 Å². The van der Waals surface area contributed by atoms with E-state index in [2.05, 4.69) is 15.4 Å². The molecule has 0 spiro atoms. The van der Waals surface area contributed by atoms with Crippen LogP contribution in [0.25, 0.3) is 4.96 Å². The van der Waals surface area contributed by atoms with Gasteiger partial charge in [0.15, 0.2) is 0 Å². The first-order valence-electron chi connectivity index (χ1n) is 10.2. The van der Waals surface area contributed by atoms with E-state index in [9.17, 15) is 14.4 Å². The summed E-state index contributed by atoms with van der Waals surface area (Å²) in [6.45, 7) is -0.180. The fourth-order valence-corrected chi connectivity index (χ4v) is 4.44. The smallest absolute Gasteiger partial charge is 0.340 e. The molecule has 1 aliphatic carbocycles. The van der Waals surface area contributed by atoms with Crippen LogP contribution in [0, 0.1) is 0 Å². The van der Waals surface area contributed by atoms with Gasteiger partial charge < -0.3 is 10.1 Å². The maximum atomic E-state index is 12.7. The summed E-state index contributed by atoms with van der Waals surface area (Å²) in [5.74, 6) is -0.618. The van der Waals surface area contributed by atoms with Gasteiger partial charge >= 0.3 is 5.97 Å². The summed E-state index contributed by atoms with van der Waals surface area (Å²) in [6.07, 6.45) is 2.15. The Balaban J connectivity index is 1.30. The van der Waals surface area contributed by atoms with Crippen LogP contribution in [0.1, 0.15) is 50.2 Å². The molecule has 2 aromatic carbocycles. The monoisotopic (exact) mass is 480 g/mol. The van der Waals surface area contributed by atoms with Crippen molar-refractivity contribution < 1.29 is 14.3 Å². The molecule has 1 aliphatic rings. The van der Waals surface area contributed by atoms with Gasteiger partial charge in [-0.2, -0.15) is 9.61 Å². The van der Waals surface area contributed by atoms with Crippen LogP contribution in [0.5, 0.6) is 0 Å². The molecule has 0 bridgehead atoms. The first-order valence-corrected chi connectivity index (χ1v) is 11.4. The third kappa shape index (κ3) is 4.64. The zero-order chi connectivity index (χ0) is 22.9. The lowest BCUT2D eigenvalue weighted by Gasteiger charge is -2.11. The van der Waals surface area contributed by atoms with Crippen molar-refractivity contribution in [2.75, 3.05) is 5.32 Å². The van der Waals surface area contributed by atoms with E-state index in [0.29, 0.717) is 32.8 Å². The number of carbonyl (C=O) groups excluding carboxylic acids is 2. The fraction of sp³-hybridized carbons (Fsp3) is 0.174. The lowest BCUT2D eigenvalue weighted by Crippen LogP contribution is -2.18. The highest BCUT2D eigenvalue weighted by Gasteiger charge is 2.28. The van der Waals surface area contributed by atoms with Crippen molar-refractivity contribution in [3.63, 3.8) is 0 Å². The van der Waals surface area contributed by atoms with Crippen molar-refractivity contribution in [3.05, 3.63) is 91.8 Å². The number of carbonyl (C=O) groups is 2. The van der Waals surface area contributed by atoms with Gasteiger partial charge in [0.25, 0.3) is 11.5 Å².